The summed E-state index contributed by atoms with van der Waals surface area (Å²) < 4.78 is 0. The Balaban J connectivity index is 2.56. The van der Waals surface area contributed by atoms with Gasteiger partial charge in [-0.3, -0.25) is 4.79 Å². The monoisotopic (exact) mass is 299 g/mol. The van der Waals surface area contributed by atoms with Gasteiger partial charge >= 0.3 is 12.0 Å². The largest absolute Gasteiger partial charge is 0.480 e. The summed E-state index contributed by atoms with van der Waals surface area (Å²) >= 11 is 0. The van der Waals surface area contributed by atoms with Gasteiger partial charge in [-0.05, 0) is 31.1 Å². The Morgan fingerprint density at radius 3 is 2.52 bits per heavy atom. The number of carbonyl (C=O) groups excluding carboxylic acids is 2. The van der Waals surface area contributed by atoms with Crippen molar-refractivity contribution in [2.24, 2.45) is 11.1 Å². The molecule has 1 saturated heterocycles. The van der Waals surface area contributed by atoms with Gasteiger partial charge in [-0.25, -0.2) is 9.59 Å². The molecule has 0 bridgehead atoms. The fourth-order valence-electron chi connectivity index (χ4n) is 2.41. The number of rotatable bonds is 5. The number of carbonyl (C=O) groups is 3. The fourth-order valence-corrected chi connectivity index (χ4v) is 2.41. The van der Waals surface area contributed by atoms with E-state index in [9.17, 15) is 14.4 Å². The third-order valence-corrected chi connectivity index (χ3v) is 3.90. The van der Waals surface area contributed by atoms with Crippen LogP contribution in [0.3, 0.4) is 0 Å². The average Bonchev–Trinajstić information content (AvgIpc) is 2.54. The molecule has 21 heavy (non-hydrogen) atoms. The molecule has 0 aromatic carbocycles. The number of urea groups is 1. The van der Waals surface area contributed by atoms with E-state index in [1.165, 1.54) is 0 Å². The Hall–Kier alpha value is -1.79. The third kappa shape index (κ3) is 6.01. The number of amides is 3. The Morgan fingerprint density at radius 2 is 1.95 bits per heavy atom. The van der Waals surface area contributed by atoms with Crippen molar-refractivity contribution in [1.29, 1.82) is 0 Å². The number of nitrogens with two attached hydrogens (primary N) is 1. The SMILES string of the molecule is CC1(C)CCCN(C(=O)NC(CCC(N)=O)C(=O)O)CC1. The smallest absolute Gasteiger partial charge is 0.326 e. The highest BCUT2D eigenvalue weighted by atomic mass is 16.4. The van der Waals surface area contributed by atoms with Crippen LogP contribution in [-0.4, -0.2) is 47.0 Å². The van der Waals surface area contributed by atoms with Crippen molar-refractivity contribution < 1.29 is 19.5 Å². The standard InChI is InChI=1S/C14H25N3O4/c1-14(2)6-3-8-17(9-7-14)13(21)16-10(12(19)20)4-5-11(15)18/h10H,3-9H2,1-2H3,(H2,15,18)(H,16,21)(H,19,20). The number of carboxylic acids is 1. The van der Waals surface area contributed by atoms with Crippen molar-refractivity contribution >= 4 is 17.9 Å². The minimum absolute atomic E-state index is 0.00966. The minimum Gasteiger partial charge on any atom is -0.480 e. The Bertz CT molecular complexity index is 409. The molecule has 1 heterocycles. The molecular formula is C14H25N3O4. The summed E-state index contributed by atoms with van der Waals surface area (Å²) in [4.78, 5) is 35.7. The molecule has 1 rings (SSSR count). The van der Waals surface area contributed by atoms with Crippen LogP contribution in [0.4, 0.5) is 4.79 Å². The summed E-state index contributed by atoms with van der Waals surface area (Å²) in [6.07, 6.45) is 2.78. The van der Waals surface area contributed by atoms with Crippen LogP contribution >= 0.6 is 0 Å². The lowest BCUT2D eigenvalue weighted by molar-refractivity contribution is -0.139. The van der Waals surface area contributed by atoms with Crippen molar-refractivity contribution in [2.45, 2.75) is 52.0 Å². The minimum atomic E-state index is -1.15. The first-order valence-electron chi connectivity index (χ1n) is 7.28. The zero-order chi connectivity index (χ0) is 16.0. The van der Waals surface area contributed by atoms with Crippen LogP contribution in [0.1, 0.15) is 46.0 Å². The lowest BCUT2D eigenvalue weighted by Gasteiger charge is -2.25. The van der Waals surface area contributed by atoms with Gasteiger partial charge in [0.15, 0.2) is 0 Å². The van der Waals surface area contributed by atoms with Gasteiger partial charge in [0.2, 0.25) is 5.91 Å². The zero-order valence-electron chi connectivity index (χ0n) is 12.7. The van der Waals surface area contributed by atoms with Crippen LogP contribution in [0, 0.1) is 5.41 Å². The molecule has 1 aliphatic rings. The topological polar surface area (TPSA) is 113 Å². The molecule has 7 nitrogen and oxygen atoms in total. The molecule has 0 radical (unpaired) electrons. The lowest BCUT2D eigenvalue weighted by Crippen LogP contribution is -2.48. The number of carboxylic acid groups (broad SMARTS) is 1. The quantitative estimate of drug-likeness (QED) is 0.700. The predicted molar refractivity (Wildman–Crippen MR) is 77.6 cm³/mol. The van der Waals surface area contributed by atoms with Crippen LogP contribution in [0.15, 0.2) is 0 Å². The van der Waals surface area contributed by atoms with Crippen LogP contribution in [0.2, 0.25) is 0 Å². The maximum absolute atomic E-state index is 12.2. The number of nitrogens with zero attached hydrogens (tertiary/aromatic N) is 1. The van der Waals surface area contributed by atoms with E-state index in [2.05, 4.69) is 19.2 Å². The molecule has 120 valence electrons. The maximum Gasteiger partial charge on any atom is 0.326 e. The molecule has 0 saturated carbocycles. The second-order valence-corrected chi connectivity index (χ2v) is 6.35. The molecule has 1 unspecified atom stereocenters. The maximum atomic E-state index is 12.2. The predicted octanol–water partition coefficient (Wildman–Crippen LogP) is 0.927. The number of hydrogen-bond acceptors (Lipinski definition) is 3. The van der Waals surface area contributed by atoms with Crippen molar-refractivity contribution in [3.8, 4) is 0 Å². The summed E-state index contributed by atoms with van der Waals surface area (Å²) in [7, 11) is 0. The van der Waals surface area contributed by atoms with Gasteiger partial charge in [-0.1, -0.05) is 13.8 Å². The van der Waals surface area contributed by atoms with Crippen LogP contribution in [0.5, 0.6) is 0 Å². The molecule has 0 aromatic heterocycles. The van der Waals surface area contributed by atoms with Crippen LogP contribution < -0.4 is 11.1 Å². The highest BCUT2D eigenvalue weighted by Gasteiger charge is 2.28. The summed E-state index contributed by atoms with van der Waals surface area (Å²) in [5.41, 5.74) is 5.21. The normalized spacial score (nSPS) is 19.4. The zero-order valence-corrected chi connectivity index (χ0v) is 12.7. The van der Waals surface area contributed by atoms with Crippen LogP contribution in [-0.2, 0) is 9.59 Å². The summed E-state index contributed by atoms with van der Waals surface area (Å²) in [6, 6.07) is -1.47. The van der Waals surface area contributed by atoms with Gasteiger partial charge in [0.1, 0.15) is 6.04 Å². The molecule has 1 fully saturated rings. The first-order valence-corrected chi connectivity index (χ1v) is 7.28. The van der Waals surface area contributed by atoms with Crippen molar-refractivity contribution in [3.05, 3.63) is 0 Å². The molecule has 4 N–H and O–H groups in total. The Morgan fingerprint density at radius 1 is 1.29 bits per heavy atom. The van der Waals surface area contributed by atoms with Gasteiger partial charge < -0.3 is 21.1 Å². The number of likely N-dealkylation sites (tertiary alicyclic amines) is 1. The van der Waals surface area contributed by atoms with E-state index in [4.69, 9.17) is 10.8 Å². The van der Waals surface area contributed by atoms with Crippen LogP contribution in [0.25, 0.3) is 0 Å². The first-order chi connectivity index (χ1) is 9.71. The van der Waals surface area contributed by atoms with E-state index < -0.39 is 17.9 Å². The summed E-state index contributed by atoms with van der Waals surface area (Å²) in [5.74, 6) is -1.73. The van der Waals surface area contributed by atoms with Gasteiger partial charge in [0.25, 0.3) is 0 Å². The van der Waals surface area contributed by atoms with Crippen molar-refractivity contribution in [1.82, 2.24) is 10.2 Å². The van der Waals surface area contributed by atoms with Gasteiger partial charge in [0, 0.05) is 19.5 Å². The average molecular weight is 299 g/mol. The molecule has 1 atom stereocenters. The van der Waals surface area contributed by atoms with E-state index in [1.807, 2.05) is 0 Å². The van der Waals surface area contributed by atoms with E-state index >= 15 is 0 Å². The summed E-state index contributed by atoms with van der Waals surface area (Å²) in [6.45, 7) is 5.57. The van der Waals surface area contributed by atoms with Gasteiger partial charge in [-0.15, -0.1) is 0 Å². The molecular weight excluding hydrogens is 274 g/mol. The highest BCUT2D eigenvalue weighted by molar-refractivity contribution is 5.83. The third-order valence-electron chi connectivity index (χ3n) is 3.90. The fraction of sp³-hybridized carbons (Fsp3) is 0.786. The van der Waals surface area contributed by atoms with Crippen molar-refractivity contribution in [2.75, 3.05) is 13.1 Å². The molecule has 1 aliphatic heterocycles. The number of hydrogen-bond donors (Lipinski definition) is 3. The van der Waals surface area contributed by atoms with Crippen molar-refractivity contribution in [3.63, 3.8) is 0 Å². The Labute approximate surface area is 124 Å². The second kappa shape index (κ2) is 7.28. The second-order valence-electron chi connectivity index (χ2n) is 6.35. The molecule has 0 aliphatic carbocycles. The van der Waals surface area contributed by atoms with Gasteiger partial charge in [-0.2, -0.15) is 0 Å². The van der Waals surface area contributed by atoms with E-state index in [0.29, 0.717) is 13.1 Å². The van der Waals surface area contributed by atoms with Gasteiger partial charge in [0.05, 0.1) is 0 Å². The number of aliphatic carboxylic acids is 1. The van der Waals surface area contributed by atoms with E-state index in [-0.39, 0.29) is 24.3 Å². The lowest BCUT2D eigenvalue weighted by atomic mass is 9.85. The summed E-state index contributed by atoms with van der Waals surface area (Å²) in [5, 5.41) is 11.6. The van der Waals surface area contributed by atoms with E-state index in [1.54, 1.807) is 4.90 Å². The molecule has 7 heteroatoms. The molecule has 0 spiro atoms. The Kier molecular flexibility index (Phi) is 5.99. The highest BCUT2D eigenvalue weighted by Crippen LogP contribution is 2.29. The number of primary amides is 1. The first kappa shape index (κ1) is 17.3. The number of nitrogens with one attached hydrogen (secondary N) is 1. The van der Waals surface area contributed by atoms with E-state index in [0.717, 1.165) is 19.3 Å². The molecule has 0 aromatic rings. The molecule has 3 amide bonds.